The van der Waals surface area contributed by atoms with Gasteiger partial charge in [0, 0.05) is 12.2 Å². The van der Waals surface area contributed by atoms with Gasteiger partial charge in [0.2, 0.25) is 0 Å². The van der Waals surface area contributed by atoms with Gasteiger partial charge in [0.05, 0.1) is 11.6 Å². The Bertz CT molecular complexity index is 637. The van der Waals surface area contributed by atoms with E-state index in [1.165, 1.54) is 0 Å². The van der Waals surface area contributed by atoms with Crippen molar-refractivity contribution in [3.63, 3.8) is 0 Å². The average molecular weight is 345 g/mol. The lowest BCUT2D eigenvalue weighted by Crippen LogP contribution is -2.50. The second-order valence-corrected chi connectivity index (χ2v) is 6.42. The van der Waals surface area contributed by atoms with Crippen LogP contribution in [0.4, 0.5) is 5.69 Å². The first kappa shape index (κ1) is 20.5. The molecule has 0 bridgehead atoms. The number of hydrogen-bond acceptors (Lipinski definition) is 5. The van der Waals surface area contributed by atoms with Crippen molar-refractivity contribution in [1.29, 1.82) is 5.26 Å². The minimum Gasteiger partial charge on any atom is -0.452 e. The van der Waals surface area contributed by atoms with Gasteiger partial charge in [-0.25, -0.2) is 4.79 Å². The Balaban J connectivity index is 2.65. The lowest BCUT2D eigenvalue weighted by molar-refractivity contribution is -0.125. The summed E-state index contributed by atoms with van der Waals surface area (Å²) in [4.78, 5) is 24.3. The summed E-state index contributed by atoms with van der Waals surface area (Å²) in [7, 11) is 0. The predicted octanol–water partition coefficient (Wildman–Crippen LogP) is 3.11. The van der Waals surface area contributed by atoms with Crippen LogP contribution in [0.2, 0.25) is 0 Å². The number of nitrogens with one attached hydrogen (secondary N) is 2. The Morgan fingerprint density at radius 2 is 2.00 bits per heavy atom. The Hall–Kier alpha value is -2.55. The number of nitriles is 1. The molecule has 1 atom stereocenters. The molecule has 6 nitrogen and oxygen atoms in total. The Morgan fingerprint density at radius 3 is 2.60 bits per heavy atom. The van der Waals surface area contributed by atoms with Crippen molar-refractivity contribution in [3.8, 4) is 6.07 Å². The first-order valence-electron chi connectivity index (χ1n) is 8.56. The number of hydrogen-bond donors (Lipinski definition) is 2. The molecule has 0 unspecified atom stereocenters. The van der Waals surface area contributed by atoms with Crippen molar-refractivity contribution in [2.45, 2.75) is 46.1 Å². The topological polar surface area (TPSA) is 91.2 Å². The van der Waals surface area contributed by atoms with Gasteiger partial charge in [-0.1, -0.05) is 39.3 Å². The zero-order valence-electron chi connectivity index (χ0n) is 15.4. The molecule has 0 saturated carbocycles. The maximum Gasteiger partial charge on any atom is 0.340 e. The molecule has 0 saturated heterocycles. The smallest absolute Gasteiger partial charge is 0.340 e. The third kappa shape index (κ3) is 6.11. The number of carbonyl (C=O) groups excluding carboxylic acids is 2. The maximum absolute atomic E-state index is 12.3. The second kappa shape index (κ2) is 9.67. The van der Waals surface area contributed by atoms with Crippen LogP contribution in [-0.2, 0) is 9.53 Å². The number of rotatable bonds is 9. The van der Waals surface area contributed by atoms with E-state index in [9.17, 15) is 14.9 Å². The quantitative estimate of drug-likeness (QED) is 0.530. The Morgan fingerprint density at radius 1 is 1.32 bits per heavy atom. The van der Waals surface area contributed by atoms with E-state index in [2.05, 4.69) is 23.6 Å². The highest BCUT2D eigenvalue weighted by molar-refractivity contribution is 5.96. The van der Waals surface area contributed by atoms with E-state index in [0.717, 1.165) is 19.4 Å². The fourth-order valence-electron chi connectivity index (χ4n) is 2.05. The van der Waals surface area contributed by atoms with E-state index >= 15 is 0 Å². The van der Waals surface area contributed by atoms with E-state index < -0.39 is 24.0 Å². The third-order valence-corrected chi connectivity index (χ3v) is 4.11. The number of carbonyl (C=O) groups is 2. The van der Waals surface area contributed by atoms with Gasteiger partial charge < -0.3 is 15.4 Å². The lowest BCUT2D eigenvalue weighted by Gasteiger charge is -2.27. The van der Waals surface area contributed by atoms with Crippen LogP contribution in [0.15, 0.2) is 24.3 Å². The summed E-state index contributed by atoms with van der Waals surface area (Å²) in [5, 5.41) is 15.0. The van der Waals surface area contributed by atoms with Crippen molar-refractivity contribution in [2.24, 2.45) is 5.92 Å². The van der Waals surface area contributed by atoms with Crippen molar-refractivity contribution in [1.82, 2.24) is 5.32 Å². The maximum atomic E-state index is 12.3. The molecule has 1 aromatic carbocycles. The Labute approximate surface area is 149 Å². The lowest BCUT2D eigenvalue weighted by atomic mass is 9.90. The van der Waals surface area contributed by atoms with Crippen LogP contribution < -0.4 is 10.6 Å². The SMILES string of the molecule is CCCCNc1ccccc1C(=O)OCC(=O)N[C@@](C)(C#N)C(C)C. The van der Waals surface area contributed by atoms with Crippen LogP contribution >= 0.6 is 0 Å². The fraction of sp³-hybridized carbons (Fsp3) is 0.526. The van der Waals surface area contributed by atoms with Crippen LogP contribution in [0.5, 0.6) is 0 Å². The second-order valence-electron chi connectivity index (χ2n) is 6.42. The van der Waals surface area contributed by atoms with E-state index in [1.807, 2.05) is 19.9 Å². The zero-order valence-corrected chi connectivity index (χ0v) is 15.4. The summed E-state index contributed by atoms with van der Waals surface area (Å²) in [6.07, 6.45) is 2.04. The fourth-order valence-corrected chi connectivity index (χ4v) is 2.05. The summed E-state index contributed by atoms with van der Waals surface area (Å²) in [5.41, 5.74) is 0.0760. The van der Waals surface area contributed by atoms with Crippen LogP contribution in [0.1, 0.15) is 50.9 Å². The first-order chi connectivity index (χ1) is 11.8. The number of ether oxygens (including phenoxy) is 1. The molecule has 0 fully saturated rings. The number of anilines is 1. The Kier molecular flexibility index (Phi) is 7.93. The van der Waals surface area contributed by atoms with Crippen molar-refractivity contribution in [2.75, 3.05) is 18.5 Å². The molecule has 0 aliphatic heterocycles. The average Bonchev–Trinajstić information content (AvgIpc) is 2.60. The standard InChI is InChI=1S/C19H27N3O3/c1-5-6-11-21-16-10-8-7-9-15(16)18(24)25-12-17(23)22-19(4,13-20)14(2)3/h7-10,14,21H,5-6,11-12H2,1-4H3,(H,22,23)/t19-/m0/s1. The first-order valence-corrected chi connectivity index (χ1v) is 8.56. The molecule has 0 aliphatic carbocycles. The summed E-state index contributed by atoms with van der Waals surface area (Å²) in [5.74, 6) is -1.14. The molecule has 25 heavy (non-hydrogen) atoms. The molecule has 2 N–H and O–H groups in total. The molecule has 0 heterocycles. The highest BCUT2D eigenvalue weighted by Crippen LogP contribution is 2.17. The van der Waals surface area contributed by atoms with Crippen LogP contribution in [0.25, 0.3) is 0 Å². The van der Waals surface area contributed by atoms with E-state index in [0.29, 0.717) is 11.3 Å². The molecular formula is C19H27N3O3. The van der Waals surface area contributed by atoms with Gasteiger partial charge in [0.15, 0.2) is 6.61 Å². The van der Waals surface area contributed by atoms with E-state index in [1.54, 1.807) is 25.1 Å². The normalized spacial score (nSPS) is 12.8. The van der Waals surface area contributed by atoms with Crippen molar-refractivity contribution in [3.05, 3.63) is 29.8 Å². The summed E-state index contributed by atoms with van der Waals surface area (Å²) in [6.45, 7) is 7.75. The number of unbranched alkanes of at least 4 members (excludes halogenated alkanes) is 1. The van der Waals surface area contributed by atoms with Gasteiger partial charge in [0.25, 0.3) is 5.91 Å². The number of para-hydroxylation sites is 1. The molecule has 0 spiro atoms. The van der Waals surface area contributed by atoms with Gasteiger partial charge in [-0.3, -0.25) is 4.79 Å². The molecule has 0 aromatic heterocycles. The highest BCUT2D eigenvalue weighted by atomic mass is 16.5. The minimum atomic E-state index is -0.997. The highest BCUT2D eigenvalue weighted by Gasteiger charge is 2.30. The number of nitrogens with zero attached hydrogens (tertiary/aromatic N) is 1. The number of amides is 1. The van der Waals surface area contributed by atoms with Gasteiger partial charge in [-0.15, -0.1) is 0 Å². The van der Waals surface area contributed by atoms with Crippen molar-refractivity contribution < 1.29 is 14.3 Å². The van der Waals surface area contributed by atoms with Crippen molar-refractivity contribution >= 4 is 17.6 Å². The number of benzene rings is 1. The van der Waals surface area contributed by atoms with Gasteiger partial charge in [-0.2, -0.15) is 5.26 Å². The summed E-state index contributed by atoms with van der Waals surface area (Å²) < 4.78 is 5.11. The largest absolute Gasteiger partial charge is 0.452 e. The molecular weight excluding hydrogens is 318 g/mol. The zero-order chi connectivity index (χ0) is 18.9. The molecule has 0 aliphatic rings. The van der Waals surface area contributed by atoms with Gasteiger partial charge in [0.1, 0.15) is 5.54 Å². The van der Waals surface area contributed by atoms with Gasteiger partial charge >= 0.3 is 5.97 Å². The van der Waals surface area contributed by atoms with E-state index in [-0.39, 0.29) is 5.92 Å². The monoisotopic (exact) mass is 345 g/mol. The minimum absolute atomic E-state index is 0.0688. The summed E-state index contributed by atoms with van der Waals surface area (Å²) in [6, 6.07) is 9.12. The molecule has 6 heteroatoms. The van der Waals surface area contributed by atoms with Crippen LogP contribution in [0.3, 0.4) is 0 Å². The molecule has 1 aromatic rings. The third-order valence-electron chi connectivity index (χ3n) is 4.11. The van der Waals surface area contributed by atoms with Gasteiger partial charge in [-0.05, 0) is 31.4 Å². The summed E-state index contributed by atoms with van der Waals surface area (Å²) >= 11 is 0. The molecule has 1 amide bonds. The van der Waals surface area contributed by atoms with Crippen LogP contribution in [-0.4, -0.2) is 30.6 Å². The van der Waals surface area contributed by atoms with E-state index in [4.69, 9.17) is 4.74 Å². The van der Waals surface area contributed by atoms with Crippen LogP contribution in [0, 0.1) is 17.2 Å². The molecule has 0 radical (unpaired) electrons. The number of esters is 1. The molecule has 136 valence electrons. The molecule has 1 rings (SSSR count). The predicted molar refractivity (Wildman–Crippen MR) is 97.1 cm³/mol.